The lowest BCUT2D eigenvalue weighted by Crippen LogP contribution is -2.29. The second-order valence-corrected chi connectivity index (χ2v) is 13.4. The van der Waals surface area contributed by atoms with Gasteiger partial charge in [-0.1, -0.05) is 121 Å². The third kappa shape index (κ3) is 5.83. The Kier molecular flexibility index (Phi) is 8.15. The van der Waals surface area contributed by atoms with E-state index in [0.717, 1.165) is 35.5 Å². The highest BCUT2D eigenvalue weighted by atomic mass is 32.1. The Morgan fingerprint density at radius 2 is 1.44 bits per heavy atom. The fourth-order valence-corrected chi connectivity index (χ4v) is 7.79. The van der Waals surface area contributed by atoms with Crippen LogP contribution in [-0.4, -0.2) is 12.1 Å². The molecule has 0 saturated carbocycles. The van der Waals surface area contributed by atoms with Crippen molar-refractivity contribution in [2.45, 2.75) is 32.0 Å². The molecule has 2 atom stereocenters. The van der Waals surface area contributed by atoms with Crippen LogP contribution in [0.3, 0.4) is 0 Å². The fraction of sp³-hybridized carbons (Fsp3) is 0.116. The van der Waals surface area contributed by atoms with Gasteiger partial charge in [0.1, 0.15) is 12.0 Å². The Labute approximate surface area is 285 Å². The van der Waals surface area contributed by atoms with Crippen molar-refractivity contribution in [3.63, 3.8) is 0 Å². The van der Waals surface area contributed by atoms with Gasteiger partial charge in [-0.25, -0.2) is 4.99 Å². The molecule has 0 aliphatic carbocycles. The second-order valence-electron chi connectivity index (χ2n) is 12.3. The molecule has 0 fully saturated rings. The molecule has 1 aliphatic rings. The lowest BCUT2D eigenvalue weighted by atomic mass is 9.94. The number of nitrogens with one attached hydrogen (secondary N) is 1. The maximum atomic E-state index is 6.74. The molecule has 2 heterocycles. The summed E-state index contributed by atoms with van der Waals surface area (Å²) in [7, 11) is 0. The number of rotatable bonds is 7. The first-order valence-corrected chi connectivity index (χ1v) is 17.3. The Morgan fingerprint density at radius 1 is 0.729 bits per heavy atom. The summed E-state index contributed by atoms with van der Waals surface area (Å²) in [6.45, 7) is 2.17. The zero-order valence-corrected chi connectivity index (χ0v) is 27.6. The van der Waals surface area contributed by atoms with E-state index in [1.54, 1.807) is 0 Å². The molecule has 0 amide bonds. The van der Waals surface area contributed by atoms with Gasteiger partial charge in [0.05, 0.1) is 5.69 Å². The minimum absolute atomic E-state index is 0.0306. The Bertz CT molecular complexity index is 2290. The number of hydrogen-bond donors (Lipinski definition) is 2. The zero-order valence-electron chi connectivity index (χ0n) is 26.8. The SMILES string of the molecule is CC(N/C(=N\C(N)c1ccccc1)c1cccc2sc3ccc(-c4ccc(-c5cccc6c5N=CCC6)cc4)cc3c12)c1ccccc1. The van der Waals surface area contributed by atoms with Crippen molar-refractivity contribution in [2.24, 2.45) is 15.7 Å². The normalized spacial score (nSPS) is 14.2. The second kappa shape index (κ2) is 13.0. The minimum atomic E-state index is -0.508. The summed E-state index contributed by atoms with van der Waals surface area (Å²) in [6, 6.07) is 49.3. The van der Waals surface area contributed by atoms with E-state index >= 15 is 0 Å². The van der Waals surface area contributed by atoms with E-state index in [-0.39, 0.29) is 6.04 Å². The number of fused-ring (bicyclic) bond motifs is 4. The zero-order chi connectivity index (χ0) is 32.5. The number of aryl methyl sites for hydroxylation is 1. The molecule has 1 aliphatic heterocycles. The minimum Gasteiger partial charge on any atom is -0.363 e. The van der Waals surface area contributed by atoms with Gasteiger partial charge in [-0.3, -0.25) is 4.99 Å². The fourth-order valence-electron chi connectivity index (χ4n) is 6.68. The average Bonchev–Trinajstić information content (AvgIpc) is 3.53. The van der Waals surface area contributed by atoms with Gasteiger partial charge in [0.15, 0.2) is 0 Å². The van der Waals surface area contributed by atoms with Crippen molar-refractivity contribution in [1.29, 1.82) is 0 Å². The molecule has 6 aromatic carbocycles. The monoisotopic (exact) mass is 640 g/mol. The summed E-state index contributed by atoms with van der Waals surface area (Å²) >= 11 is 1.81. The number of hydrogen-bond acceptors (Lipinski definition) is 4. The number of benzene rings is 6. The van der Waals surface area contributed by atoms with E-state index in [4.69, 9.17) is 15.7 Å². The highest BCUT2D eigenvalue weighted by Crippen LogP contribution is 2.40. The third-order valence-corrected chi connectivity index (χ3v) is 10.4. The van der Waals surface area contributed by atoms with Crippen LogP contribution in [0.2, 0.25) is 0 Å². The lowest BCUT2D eigenvalue weighted by molar-refractivity contribution is 0.697. The van der Waals surface area contributed by atoms with Crippen LogP contribution in [0.15, 0.2) is 150 Å². The van der Waals surface area contributed by atoms with Gasteiger partial charge < -0.3 is 11.1 Å². The van der Waals surface area contributed by atoms with Crippen LogP contribution in [0.25, 0.3) is 42.4 Å². The van der Waals surface area contributed by atoms with Gasteiger partial charge >= 0.3 is 0 Å². The van der Waals surface area contributed by atoms with Crippen LogP contribution in [0.1, 0.15) is 47.8 Å². The first-order valence-electron chi connectivity index (χ1n) is 16.5. The number of para-hydroxylation sites is 1. The van der Waals surface area contributed by atoms with Crippen molar-refractivity contribution in [1.82, 2.24) is 5.32 Å². The van der Waals surface area contributed by atoms with Crippen molar-refractivity contribution < 1.29 is 0 Å². The van der Waals surface area contributed by atoms with Crippen LogP contribution in [0.5, 0.6) is 0 Å². The quantitative estimate of drug-likeness (QED) is 0.134. The molecule has 7 aromatic rings. The number of amidine groups is 1. The summed E-state index contributed by atoms with van der Waals surface area (Å²) < 4.78 is 2.47. The van der Waals surface area contributed by atoms with Gasteiger partial charge in [-0.2, -0.15) is 0 Å². The molecule has 5 heteroatoms. The molecular weight excluding hydrogens is 605 g/mol. The maximum Gasteiger partial charge on any atom is 0.131 e. The van der Waals surface area contributed by atoms with E-state index in [1.807, 2.05) is 53.9 Å². The van der Waals surface area contributed by atoms with E-state index in [9.17, 15) is 0 Å². The van der Waals surface area contributed by atoms with Gasteiger partial charge in [0.2, 0.25) is 0 Å². The predicted octanol–water partition coefficient (Wildman–Crippen LogP) is 10.8. The van der Waals surface area contributed by atoms with Gasteiger partial charge in [-0.05, 0) is 71.3 Å². The largest absolute Gasteiger partial charge is 0.363 e. The molecule has 1 aromatic heterocycles. The summed E-state index contributed by atoms with van der Waals surface area (Å²) in [5, 5.41) is 6.16. The molecule has 3 N–H and O–H groups in total. The van der Waals surface area contributed by atoms with Crippen LogP contribution in [0.4, 0.5) is 5.69 Å². The number of nitrogens with zero attached hydrogens (tertiary/aromatic N) is 2. The van der Waals surface area contributed by atoms with Crippen LogP contribution in [0, 0.1) is 0 Å². The highest BCUT2D eigenvalue weighted by Gasteiger charge is 2.19. The predicted molar refractivity (Wildman–Crippen MR) is 205 cm³/mol. The molecule has 8 rings (SSSR count). The van der Waals surface area contributed by atoms with E-state index in [0.29, 0.717) is 0 Å². The number of thiophene rings is 1. The topological polar surface area (TPSA) is 62.8 Å². The highest BCUT2D eigenvalue weighted by molar-refractivity contribution is 7.25. The van der Waals surface area contributed by atoms with Crippen LogP contribution >= 0.6 is 11.3 Å². The first kappa shape index (κ1) is 30.0. The summed E-state index contributed by atoms with van der Waals surface area (Å²) in [5.41, 5.74) is 17.1. The third-order valence-electron chi connectivity index (χ3n) is 9.22. The van der Waals surface area contributed by atoms with Crippen LogP contribution in [-0.2, 0) is 6.42 Å². The Balaban J connectivity index is 1.21. The molecule has 0 radical (unpaired) electrons. The molecular formula is C43H36N4S. The molecule has 0 spiro atoms. The maximum absolute atomic E-state index is 6.74. The number of nitrogens with two attached hydrogens (primary N) is 1. The van der Waals surface area contributed by atoms with E-state index in [1.165, 1.54) is 53.6 Å². The summed E-state index contributed by atoms with van der Waals surface area (Å²) in [6.07, 6.45) is 3.59. The van der Waals surface area contributed by atoms with Gasteiger partial charge in [0.25, 0.3) is 0 Å². The molecule has 48 heavy (non-hydrogen) atoms. The van der Waals surface area contributed by atoms with Gasteiger partial charge in [0, 0.05) is 43.6 Å². The van der Waals surface area contributed by atoms with Crippen molar-refractivity contribution in [3.05, 3.63) is 162 Å². The molecule has 0 saturated heterocycles. The first-order chi connectivity index (χ1) is 23.6. The Morgan fingerprint density at radius 3 is 2.23 bits per heavy atom. The van der Waals surface area contributed by atoms with Gasteiger partial charge in [-0.15, -0.1) is 11.3 Å². The molecule has 2 unspecified atom stereocenters. The van der Waals surface area contributed by atoms with E-state index in [2.05, 4.69) is 115 Å². The van der Waals surface area contributed by atoms with Crippen molar-refractivity contribution >= 4 is 49.2 Å². The number of aliphatic imine (C=N–C) groups is 2. The molecule has 0 bridgehead atoms. The smallest absolute Gasteiger partial charge is 0.131 e. The summed E-state index contributed by atoms with van der Waals surface area (Å²) in [5.74, 6) is 0.789. The molecule has 4 nitrogen and oxygen atoms in total. The van der Waals surface area contributed by atoms with Crippen LogP contribution < -0.4 is 11.1 Å². The van der Waals surface area contributed by atoms with E-state index < -0.39 is 6.17 Å². The summed E-state index contributed by atoms with van der Waals surface area (Å²) in [4.78, 5) is 9.90. The van der Waals surface area contributed by atoms with Crippen molar-refractivity contribution in [3.8, 4) is 22.3 Å². The lowest BCUT2D eigenvalue weighted by Gasteiger charge is -2.20. The standard InChI is InChI=1S/C43H36N4S/c1-28(29-11-4-2-5-12-29)46-43(47-42(44)33-13-6-3-7-14-33)36-18-9-19-39-40(36)37-27-34(24-25-38(37)48-39)30-20-22-31(23-21-30)35-17-8-15-32-16-10-26-45-41(32)35/h2-9,11-15,17-28,42H,10,16,44H2,1H3,(H,46,47). The average molecular weight is 641 g/mol. The Hall–Kier alpha value is -5.36. The molecule has 234 valence electrons. The van der Waals surface area contributed by atoms with Crippen molar-refractivity contribution in [2.75, 3.05) is 0 Å².